The highest BCUT2D eigenvalue weighted by Gasteiger charge is 2.41. The third-order valence-corrected chi connectivity index (χ3v) is 12.8. The Hall–Kier alpha value is -2.41. The molecule has 1 aromatic heterocycles. The molecular weight excluding hydrogens is 486 g/mol. The lowest BCUT2D eigenvalue weighted by Gasteiger charge is -2.45. The topological polar surface area (TPSA) is 47.4 Å². The maximum atomic E-state index is 13.8. The van der Waals surface area contributed by atoms with Gasteiger partial charge in [-0.3, -0.25) is 9.48 Å². The Morgan fingerprint density at radius 1 is 1.17 bits per heavy atom. The number of carbonyl (C=O) groups is 1. The van der Waals surface area contributed by atoms with Crippen LogP contribution in [-0.2, 0) is 29.1 Å². The molecular formula is C29H38ClN3O2Si. The van der Waals surface area contributed by atoms with E-state index < -0.39 is 8.32 Å². The Kier molecular flexibility index (Phi) is 7.51. The van der Waals surface area contributed by atoms with Crippen molar-refractivity contribution in [2.45, 2.75) is 70.8 Å². The zero-order chi connectivity index (χ0) is 26.3. The molecule has 0 spiro atoms. The molecule has 1 aliphatic rings. The van der Waals surface area contributed by atoms with Crippen molar-refractivity contribution < 1.29 is 9.22 Å². The highest BCUT2D eigenvalue weighted by molar-refractivity contribution is 6.74. The molecule has 1 aliphatic heterocycles. The van der Waals surface area contributed by atoms with E-state index in [2.05, 4.69) is 70.3 Å². The second kappa shape index (κ2) is 10.2. The highest BCUT2D eigenvalue weighted by Crippen LogP contribution is 2.41. The third kappa shape index (κ3) is 5.31. The predicted molar refractivity (Wildman–Crippen MR) is 150 cm³/mol. The first kappa shape index (κ1) is 26.6. The number of amides is 1. The Morgan fingerprint density at radius 2 is 1.89 bits per heavy atom. The molecule has 192 valence electrons. The first-order chi connectivity index (χ1) is 16.9. The van der Waals surface area contributed by atoms with Crippen molar-refractivity contribution in [1.82, 2.24) is 14.7 Å². The van der Waals surface area contributed by atoms with Gasteiger partial charge >= 0.3 is 0 Å². The van der Waals surface area contributed by atoms with E-state index in [4.69, 9.17) is 16.0 Å². The van der Waals surface area contributed by atoms with Gasteiger partial charge in [0.1, 0.15) is 0 Å². The van der Waals surface area contributed by atoms with Crippen molar-refractivity contribution in [3.05, 3.63) is 76.6 Å². The highest BCUT2D eigenvalue weighted by atomic mass is 35.5. The van der Waals surface area contributed by atoms with Crippen molar-refractivity contribution in [2.75, 3.05) is 6.61 Å². The van der Waals surface area contributed by atoms with Gasteiger partial charge in [0.05, 0.1) is 31.3 Å². The zero-order valence-corrected chi connectivity index (χ0v) is 24.3. The van der Waals surface area contributed by atoms with Crippen molar-refractivity contribution in [2.24, 2.45) is 7.05 Å². The van der Waals surface area contributed by atoms with Gasteiger partial charge in [0.2, 0.25) is 5.91 Å². The lowest BCUT2D eigenvalue weighted by Crippen LogP contribution is -2.52. The van der Waals surface area contributed by atoms with Crippen LogP contribution in [0.4, 0.5) is 0 Å². The molecule has 3 aromatic rings. The minimum atomic E-state index is -2.00. The SMILES string of the molecule is C[C@H]1c2cccc(-c3cnn(C)c3)c2C[C@H](CO[Si](C)(C)C(C)(C)C)N1C(=O)Cc1ccccc1Cl. The molecule has 0 radical (unpaired) electrons. The fourth-order valence-electron chi connectivity index (χ4n) is 4.83. The molecule has 0 fully saturated rings. The number of carbonyl (C=O) groups excluding carboxylic acids is 1. The molecule has 0 aliphatic carbocycles. The number of benzene rings is 2. The average molecular weight is 524 g/mol. The van der Waals surface area contributed by atoms with Gasteiger partial charge in [-0.2, -0.15) is 5.10 Å². The van der Waals surface area contributed by atoms with E-state index in [0.29, 0.717) is 11.6 Å². The van der Waals surface area contributed by atoms with Crippen LogP contribution in [0.2, 0.25) is 23.2 Å². The quantitative estimate of drug-likeness (QED) is 0.333. The molecule has 2 heterocycles. The summed E-state index contributed by atoms with van der Waals surface area (Å²) in [6.07, 6.45) is 4.98. The largest absolute Gasteiger partial charge is 0.415 e. The van der Waals surface area contributed by atoms with Gasteiger partial charge in [0.25, 0.3) is 0 Å². The van der Waals surface area contributed by atoms with Gasteiger partial charge in [0, 0.05) is 23.8 Å². The molecule has 2 atom stereocenters. The Morgan fingerprint density at radius 3 is 2.53 bits per heavy atom. The minimum Gasteiger partial charge on any atom is -0.415 e. The van der Waals surface area contributed by atoms with Gasteiger partial charge in [-0.1, -0.05) is 68.8 Å². The summed E-state index contributed by atoms with van der Waals surface area (Å²) in [6, 6.07) is 13.9. The monoisotopic (exact) mass is 523 g/mol. The van der Waals surface area contributed by atoms with Crippen LogP contribution in [0.3, 0.4) is 0 Å². The molecule has 2 aromatic carbocycles. The van der Waals surface area contributed by atoms with Gasteiger partial charge in [-0.05, 0) is 59.8 Å². The van der Waals surface area contributed by atoms with Crippen LogP contribution < -0.4 is 0 Å². The summed E-state index contributed by atoms with van der Waals surface area (Å²) in [5, 5.41) is 5.12. The van der Waals surface area contributed by atoms with Crippen molar-refractivity contribution in [1.29, 1.82) is 0 Å². The van der Waals surface area contributed by atoms with Crippen LogP contribution >= 0.6 is 11.6 Å². The second-order valence-corrected chi connectivity index (χ2v) is 16.7. The summed E-state index contributed by atoms with van der Waals surface area (Å²) in [7, 11) is -0.0595. The zero-order valence-electron chi connectivity index (χ0n) is 22.5. The smallest absolute Gasteiger partial charge is 0.227 e. The molecule has 1 amide bonds. The molecule has 0 saturated heterocycles. The Bertz CT molecular complexity index is 1250. The van der Waals surface area contributed by atoms with E-state index in [1.807, 2.05) is 47.1 Å². The maximum Gasteiger partial charge on any atom is 0.227 e. The van der Waals surface area contributed by atoms with Crippen LogP contribution in [0.5, 0.6) is 0 Å². The summed E-state index contributed by atoms with van der Waals surface area (Å²) in [4.78, 5) is 15.9. The lowest BCUT2D eigenvalue weighted by molar-refractivity contribution is -0.137. The number of rotatable bonds is 6. The number of fused-ring (bicyclic) bond motifs is 1. The lowest BCUT2D eigenvalue weighted by atomic mass is 9.84. The van der Waals surface area contributed by atoms with Gasteiger partial charge < -0.3 is 9.33 Å². The molecule has 0 bridgehead atoms. The number of hydrogen-bond acceptors (Lipinski definition) is 3. The van der Waals surface area contributed by atoms with Crippen molar-refractivity contribution in [3.8, 4) is 11.1 Å². The van der Waals surface area contributed by atoms with Gasteiger partial charge in [-0.15, -0.1) is 0 Å². The van der Waals surface area contributed by atoms with E-state index >= 15 is 0 Å². The second-order valence-electron chi connectivity index (χ2n) is 11.5. The van der Waals surface area contributed by atoms with Crippen LogP contribution in [-0.4, -0.2) is 41.6 Å². The number of aryl methyl sites for hydroxylation is 1. The molecule has 36 heavy (non-hydrogen) atoms. The first-order valence-corrected chi connectivity index (χ1v) is 16.0. The standard InChI is InChI=1S/C29H38ClN3O2Si/c1-20-24-12-10-13-25(22-17-31-32(5)18-22)26(24)16-23(19-35-36(6,7)29(2,3)4)33(20)28(34)15-21-11-8-9-14-27(21)30/h8-14,17-18,20,23H,15-16,19H2,1-7H3/t20-,23+/m0/s1. The van der Waals surface area contributed by atoms with Crippen LogP contribution in [0.15, 0.2) is 54.9 Å². The molecule has 5 nitrogen and oxygen atoms in total. The number of halogens is 1. The van der Waals surface area contributed by atoms with Crippen LogP contribution in [0, 0.1) is 0 Å². The average Bonchev–Trinajstić information content (AvgIpc) is 3.24. The summed E-state index contributed by atoms with van der Waals surface area (Å²) >= 11 is 6.43. The summed E-state index contributed by atoms with van der Waals surface area (Å²) < 4.78 is 8.54. The normalized spacial score (nSPS) is 18.3. The van der Waals surface area contributed by atoms with E-state index in [1.54, 1.807) is 0 Å². The summed E-state index contributed by atoms with van der Waals surface area (Å²) in [5.41, 5.74) is 5.61. The Labute approximate surface area is 221 Å². The van der Waals surface area contributed by atoms with E-state index in [9.17, 15) is 4.79 Å². The number of hydrogen-bond donors (Lipinski definition) is 0. The first-order valence-electron chi connectivity index (χ1n) is 12.7. The van der Waals surface area contributed by atoms with Crippen molar-refractivity contribution >= 4 is 25.8 Å². The van der Waals surface area contributed by atoms with Gasteiger partial charge in [-0.25, -0.2) is 0 Å². The number of nitrogens with zero attached hydrogens (tertiary/aromatic N) is 3. The maximum absolute atomic E-state index is 13.8. The fourth-order valence-corrected chi connectivity index (χ4v) is 6.08. The third-order valence-electron chi connectivity index (χ3n) is 7.96. The summed E-state index contributed by atoms with van der Waals surface area (Å²) in [5.74, 6) is 0.0804. The molecule has 4 rings (SSSR count). The van der Waals surface area contributed by atoms with Crippen LogP contribution in [0.1, 0.15) is 50.4 Å². The molecule has 0 N–H and O–H groups in total. The summed E-state index contributed by atoms with van der Waals surface area (Å²) in [6.45, 7) is 13.9. The van der Waals surface area contributed by atoms with Crippen LogP contribution in [0.25, 0.3) is 11.1 Å². The molecule has 0 unspecified atom stereocenters. The molecule has 7 heteroatoms. The fraction of sp³-hybridized carbons (Fsp3) is 0.448. The van der Waals surface area contributed by atoms with E-state index in [1.165, 1.54) is 16.7 Å². The Balaban J connectivity index is 1.72. The van der Waals surface area contributed by atoms with E-state index in [0.717, 1.165) is 17.5 Å². The predicted octanol–water partition coefficient (Wildman–Crippen LogP) is 6.82. The minimum absolute atomic E-state index is 0.0607. The molecule has 0 saturated carbocycles. The van der Waals surface area contributed by atoms with Crippen molar-refractivity contribution in [3.63, 3.8) is 0 Å². The van der Waals surface area contributed by atoms with E-state index in [-0.39, 0.29) is 29.4 Å². The number of aromatic nitrogens is 2. The van der Waals surface area contributed by atoms with Gasteiger partial charge in [0.15, 0.2) is 8.32 Å².